The number of amides is 1. The highest BCUT2D eigenvalue weighted by Crippen LogP contribution is 2.28. The highest BCUT2D eigenvalue weighted by molar-refractivity contribution is 6.04. The molecule has 0 atom stereocenters. The minimum Gasteiger partial charge on any atom is -0.493 e. The van der Waals surface area contributed by atoms with E-state index in [-0.39, 0.29) is 11.5 Å². The third-order valence-corrected chi connectivity index (χ3v) is 3.99. The molecule has 0 fully saturated rings. The molecule has 0 spiro atoms. The normalized spacial score (nSPS) is 10.4. The highest BCUT2D eigenvalue weighted by Gasteiger charge is 2.12. The van der Waals surface area contributed by atoms with E-state index in [4.69, 9.17) is 9.47 Å². The van der Waals surface area contributed by atoms with Crippen molar-refractivity contribution in [3.8, 4) is 22.9 Å². The van der Waals surface area contributed by atoms with Gasteiger partial charge in [0.25, 0.3) is 11.5 Å². The molecule has 0 saturated heterocycles. The summed E-state index contributed by atoms with van der Waals surface area (Å²) >= 11 is 0. The summed E-state index contributed by atoms with van der Waals surface area (Å²) in [5.74, 6) is 1.23. The van der Waals surface area contributed by atoms with Gasteiger partial charge in [-0.3, -0.25) is 9.59 Å². The van der Waals surface area contributed by atoms with Gasteiger partial charge in [-0.1, -0.05) is 12.1 Å². The Morgan fingerprint density at radius 3 is 2.68 bits per heavy atom. The number of hydrogen-bond acceptors (Lipinski definition) is 5. The third kappa shape index (κ3) is 4.37. The van der Waals surface area contributed by atoms with Crippen molar-refractivity contribution in [3.05, 3.63) is 70.1 Å². The summed E-state index contributed by atoms with van der Waals surface area (Å²) in [6.45, 7) is 4.14. The second kappa shape index (κ2) is 8.39. The zero-order valence-corrected chi connectivity index (χ0v) is 15.9. The van der Waals surface area contributed by atoms with Crippen LogP contribution in [0.5, 0.6) is 11.5 Å². The molecule has 1 aromatic heterocycles. The summed E-state index contributed by atoms with van der Waals surface area (Å²) in [6, 6.07) is 13.5. The molecule has 1 amide bonds. The summed E-state index contributed by atoms with van der Waals surface area (Å²) < 4.78 is 10.8. The summed E-state index contributed by atoms with van der Waals surface area (Å²) in [7, 11) is 1.53. The predicted octanol–water partition coefficient (Wildman–Crippen LogP) is 3.40. The molecule has 144 valence electrons. The van der Waals surface area contributed by atoms with Gasteiger partial charge < -0.3 is 19.8 Å². The van der Waals surface area contributed by atoms with E-state index in [1.165, 1.54) is 13.2 Å². The molecule has 3 rings (SSSR count). The highest BCUT2D eigenvalue weighted by atomic mass is 16.5. The zero-order chi connectivity index (χ0) is 20.1. The Labute approximate surface area is 162 Å². The SMILES string of the molecule is CCOc1ccc(C(=O)Nc2cccc(-c3nc(C)cc(=O)[nH]3)c2)cc1OC. The zero-order valence-electron chi connectivity index (χ0n) is 15.9. The van der Waals surface area contributed by atoms with Gasteiger partial charge in [-0.05, 0) is 44.2 Å². The lowest BCUT2D eigenvalue weighted by molar-refractivity contribution is 0.102. The number of anilines is 1. The lowest BCUT2D eigenvalue weighted by Gasteiger charge is -2.11. The van der Waals surface area contributed by atoms with Crippen molar-refractivity contribution in [2.24, 2.45) is 0 Å². The van der Waals surface area contributed by atoms with Gasteiger partial charge in [0, 0.05) is 28.6 Å². The van der Waals surface area contributed by atoms with Crippen LogP contribution in [0.3, 0.4) is 0 Å². The monoisotopic (exact) mass is 379 g/mol. The molecule has 0 bridgehead atoms. The van der Waals surface area contributed by atoms with Crippen LogP contribution in [0.1, 0.15) is 23.0 Å². The average molecular weight is 379 g/mol. The molecular weight excluding hydrogens is 358 g/mol. The van der Waals surface area contributed by atoms with Crippen LogP contribution in [0, 0.1) is 6.92 Å². The fourth-order valence-corrected chi connectivity index (χ4v) is 2.75. The van der Waals surface area contributed by atoms with Crippen LogP contribution in [-0.4, -0.2) is 29.6 Å². The molecule has 3 aromatic rings. The topological polar surface area (TPSA) is 93.3 Å². The van der Waals surface area contributed by atoms with E-state index in [2.05, 4.69) is 15.3 Å². The lowest BCUT2D eigenvalue weighted by Crippen LogP contribution is -2.12. The summed E-state index contributed by atoms with van der Waals surface area (Å²) in [6.07, 6.45) is 0. The molecule has 2 N–H and O–H groups in total. The Bertz CT molecular complexity index is 1060. The number of carbonyl (C=O) groups excluding carboxylic acids is 1. The number of ether oxygens (including phenoxy) is 2. The van der Waals surface area contributed by atoms with Gasteiger partial charge in [-0.15, -0.1) is 0 Å². The number of methoxy groups -OCH3 is 1. The molecule has 0 saturated carbocycles. The molecule has 2 aromatic carbocycles. The largest absolute Gasteiger partial charge is 0.493 e. The van der Waals surface area contributed by atoms with E-state index >= 15 is 0 Å². The average Bonchev–Trinajstić information content (AvgIpc) is 2.68. The van der Waals surface area contributed by atoms with E-state index in [0.29, 0.717) is 46.4 Å². The smallest absolute Gasteiger partial charge is 0.255 e. The van der Waals surface area contributed by atoms with E-state index in [1.54, 1.807) is 43.3 Å². The van der Waals surface area contributed by atoms with Gasteiger partial charge in [-0.25, -0.2) is 4.98 Å². The minimum absolute atomic E-state index is 0.224. The van der Waals surface area contributed by atoms with Gasteiger partial charge in [-0.2, -0.15) is 0 Å². The molecule has 0 unspecified atom stereocenters. The summed E-state index contributed by atoms with van der Waals surface area (Å²) in [5.41, 5.74) is 2.11. The van der Waals surface area contributed by atoms with Crippen LogP contribution in [0.2, 0.25) is 0 Å². The molecule has 7 heteroatoms. The van der Waals surface area contributed by atoms with Crippen molar-refractivity contribution in [2.75, 3.05) is 19.0 Å². The lowest BCUT2D eigenvalue weighted by atomic mass is 10.1. The molecule has 28 heavy (non-hydrogen) atoms. The molecule has 0 radical (unpaired) electrons. The Morgan fingerprint density at radius 1 is 1.14 bits per heavy atom. The maximum atomic E-state index is 12.6. The first-order valence-corrected chi connectivity index (χ1v) is 8.80. The van der Waals surface area contributed by atoms with Gasteiger partial charge in [0.05, 0.1) is 13.7 Å². The number of hydrogen-bond donors (Lipinski definition) is 2. The van der Waals surface area contributed by atoms with Gasteiger partial charge in [0.15, 0.2) is 11.5 Å². The first-order chi connectivity index (χ1) is 13.5. The number of aryl methyl sites for hydroxylation is 1. The molecule has 0 aliphatic rings. The number of rotatable bonds is 6. The number of aromatic nitrogens is 2. The molecule has 0 aliphatic carbocycles. The van der Waals surface area contributed by atoms with Crippen LogP contribution in [0.25, 0.3) is 11.4 Å². The first kappa shape index (κ1) is 19.2. The Morgan fingerprint density at radius 2 is 1.96 bits per heavy atom. The molecule has 7 nitrogen and oxygen atoms in total. The number of nitrogens with zero attached hydrogens (tertiary/aromatic N) is 1. The van der Waals surface area contributed by atoms with E-state index in [1.807, 2.05) is 13.0 Å². The Balaban J connectivity index is 1.84. The fraction of sp³-hybridized carbons (Fsp3) is 0.190. The van der Waals surface area contributed by atoms with Gasteiger partial charge >= 0.3 is 0 Å². The van der Waals surface area contributed by atoms with E-state index < -0.39 is 0 Å². The minimum atomic E-state index is -0.288. The quantitative estimate of drug-likeness (QED) is 0.685. The number of carbonyl (C=O) groups is 1. The summed E-state index contributed by atoms with van der Waals surface area (Å²) in [4.78, 5) is 31.3. The van der Waals surface area contributed by atoms with Crippen LogP contribution >= 0.6 is 0 Å². The maximum absolute atomic E-state index is 12.6. The van der Waals surface area contributed by atoms with Crippen LogP contribution < -0.4 is 20.3 Å². The first-order valence-electron chi connectivity index (χ1n) is 8.80. The van der Waals surface area contributed by atoms with Crippen LogP contribution in [0.15, 0.2) is 53.3 Å². The Hall–Kier alpha value is -3.61. The molecule has 1 heterocycles. The van der Waals surface area contributed by atoms with Crippen molar-refractivity contribution >= 4 is 11.6 Å². The van der Waals surface area contributed by atoms with Gasteiger partial charge in [0.1, 0.15) is 5.82 Å². The molecular formula is C21H21N3O4. The predicted molar refractivity (Wildman–Crippen MR) is 107 cm³/mol. The number of nitrogens with one attached hydrogen (secondary N) is 2. The number of H-pyrrole nitrogens is 1. The number of aromatic amines is 1. The van der Waals surface area contributed by atoms with Crippen LogP contribution in [0.4, 0.5) is 5.69 Å². The number of benzene rings is 2. The van der Waals surface area contributed by atoms with Gasteiger partial charge in [0.2, 0.25) is 0 Å². The van der Waals surface area contributed by atoms with E-state index in [9.17, 15) is 9.59 Å². The Kier molecular flexibility index (Phi) is 5.74. The summed E-state index contributed by atoms with van der Waals surface area (Å²) in [5, 5.41) is 2.85. The molecule has 0 aliphatic heterocycles. The van der Waals surface area contributed by atoms with Crippen molar-refractivity contribution in [3.63, 3.8) is 0 Å². The van der Waals surface area contributed by atoms with E-state index in [0.717, 1.165) is 0 Å². The third-order valence-electron chi connectivity index (χ3n) is 3.99. The van der Waals surface area contributed by atoms with Crippen molar-refractivity contribution in [1.29, 1.82) is 0 Å². The van der Waals surface area contributed by atoms with Crippen molar-refractivity contribution in [1.82, 2.24) is 9.97 Å². The maximum Gasteiger partial charge on any atom is 0.255 e. The van der Waals surface area contributed by atoms with Crippen molar-refractivity contribution in [2.45, 2.75) is 13.8 Å². The van der Waals surface area contributed by atoms with Crippen LogP contribution in [-0.2, 0) is 0 Å². The second-order valence-electron chi connectivity index (χ2n) is 6.07. The second-order valence-corrected chi connectivity index (χ2v) is 6.07. The van der Waals surface area contributed by atoms with Crippen molar-refractivity contribution < 1.29 is 14.3 Å². The standard InChI is InChI=1S/C21H21N3O4/c1-4-28-17-9-8-15(12-18(17)27-3)21(26)23-16-7-5-6-14(11-16)20-22-13(2)10-19(25)24-20/h5-12H,4H2,1-3H3,(H,23,26)(H,22,24,25). The fourth-order valence-electron chi connectivity index (χ4n) is 2.75.